The monoisotopic (exact) mass is 313 g/mol. The lowest BCUT2D eigenvalue weighted by Gasteiger charge is -2.18. The molecule has 0 aliphatic heterocycles. The summed E-state index contributed by atoms with van der Waals surface area (Å²) >= 11 is 5.89. The smallest absolute Gasteiger partial charge is 0.141 e. The van der Waals surface area contributed by atoms with Crippen LogP contribution in [0.25, 0.3) is 0 Å². The van der Waals surface area contributed by atoms with Crippen LogP contribution < -0.4 is 5.32 Å². The van der Waals surface area contributed by atoms with E-state index >= 15 is 0 Å². The number of halogens is 2. The van der Waals surface area contributed by atoms with Gasteiger partial charge in [-0.3, -0.25) is 0 Å². The molecule has 1 rings (SSSR count). The van der Waals surface area contributed by atoms with E-state index in [0.717, 1.165) is 18.5 Å². The molecule has 0 saturated carbocycles. The minimum Gasteiger partial charge on any atom is -0.310 e. The third-order valence-corrected chi connectivity index (χ3v) is 4.18. The predicted molar refractivity (Wildman–Crippen MR) is 90.4 cm³/mol. The van der Waals surface area contributed by atoms with Gasteiger partial charge in [0.25, 0.3) is 0 Å². The maximum Gasteiger partial charge on any atom is 0.141 e. The van der Waals surface area contributed by atoms with Gasteiger partial charge in [0.2, 0.25) is 0 Å². The maximum atomic E-state index is 13.2. The van der Waals surface area contributed by atoms with Gasteiger partial charge in [0.05, 0.1) is 5.02 Å². The van der Waals surface area contributed by atoms with Crippen LogP contribution in [0.15, 0.2) is 18.2 Å². The molecule has 0 heterocycles. The summed E-state index contributed by atoms with van der Waals surface area (Å²) in [5.41, 5.74) is 1.09. The van der Waals surface area contributed by atoms with Gasteiger partial charge in [0.1, 0.15) is 5.82 Å². The van der Waals surface area contributed by atoms with E-state index in [2.05, 4.69) is 19.2 Å². The van der Waals surface area contributed by atoms with E-state index in [1.54, 1.807) is 6.07 Å². The first-order valence-corrected chi connectivity index (χ1v) is 8.75. The van der Waals surface area contributed by atoms with E-state index in [4.69, 9.17) is 11.6 Å². The Morgan fingerprint density at radius 3 is 2.33 bits per heavy atom. The Labute approximate surface area is 134 Å². The Morgan fingerprint density at radius 1 is 1.05 bits per heavy atom. The van der Waals surface area contributed by atoms with E-state index in [1.807, 2.05) is 6.07 Å². The highest BCUT2D eigenvalue weighted by Gasteiger charge is 2.11. The van der Waals surface area contributed by atoms with Crippen LogP contribution in [0.3, 0.4) is 0 Å². The van der Waals surface area contributed by atoms with Crippen molar-refractivity contribution >= 4 is 11.6 Å². The molecule has 0 aromatic heterocycles. The first-order chi connectivity index (χ1) is 10.2. The standard InChI is InChI=1S/C18H29ClFN/c1-3-5-6-7-8-9-10-11-18(21-4-2)15-12-13-17(20)16(19)14-15/h12-14,18,21H,3-11H2,1-2H3. The van der Waals surface area contributed by atoms with E-state index in [1.165, 1.54) is 51.0 Å². The third-order valence-electron chi connectivity index (χ3n) is 3.89. The lowest BCUT2D eigenvalue weighted by molar-refractivity contribution is 0.475. The Hall–Kier alpha value is -0.600. The van der Waals surface area contributed by atoms with Crippen molar-refractivity contribution in [2.24, 2.45) is 0 Å². The van der Waals surface area contributed by atoms with Crippen molar-refractivity contribution in [1.29, 1.82) is 0 Å². The van der Waals surface area contributed by atoms with Gasteiger partial charge < -0.3 is 5.32 Å². The van der Waals surface area contributed by atoms with E-state index in [9.17, 15) is 4.39 Å². The Balaban J connectivity index is 2.37. The van der Waals surface area contributed by atoms with Crippen molar-refractivity contribution in [1.82, 2.24) is 5.32 Å². The molecule has 0 radical (unpaired) electrons. The van der Waals surface area contributed by atoms with Crippen LogP contribution in [-0.2, 0) is 0 Å². The van der Waals surface area contributed by atoms with E-state index in [-0.39, 0.29) is 16.9 Å². The summed E-state index contributed by atoms with van der Waals surface area (Å²) in [4.78, 5) is 0. The topological polar surface area (TPSA) is 12.0 Å². The van der Waals surface area contributed by atoms with Crippen LogP contribution >= 0.6 is 11.6 Å². The normalized spacial score (nSPS) is 12.6. The molecule has 0 aliphatic carbocycles. The highest BCUT2D eigenvalue weighted by atomic mass is 35.5. The van der Waals surface area contributed by atoms with Crippen molar-refractivity contribution in [3.8, 4) is 0 Å². The lowest BCUT2D eigenvalue weighted by atomic mass is 9.99. The molecule has 0 aliphatic rings. The maximum absolute atomic E-state index is 13.2. The third kappa shape index (κ3) is 7.28. The van der Waals surface area contributed by atoms with Gasteiger partial charge in [0.15, 0.2) is 0 Å². The van der Waals surface area contributed by atoms with Crippen molar-refractivity contribution in [3.63, 3.8) is 0 Å². The second-order valence-electron chi connectivity index (χ2n) is 5.69. The largest absolute Gasteiger partial charge is 0.310 e. The van der Waals surface area contributed by atoms with E-state index < -0.39 is 0 Å². The Bertz CT molecular complexity index is 395. The molecule has 120 valence electrons. The molecular weight excluding hydrogens is 285 g/mol. The summed E-state index contributed by atoms with van der Waals surface area (Å²) in [5, 5.41) is 3.69. The quantitative estimate of drug-likeness (QED) is 0.475. The van der Waals surface area contributed by atoms with Crippen LogP contribution in [-0.4, -0.2) is 6.54 Å². The SMILES string of the molecule is CCCCCCCCCC(NCC)c1ccc(F)c(Cl)c1. The molecule has 0 fully saturated rings. The molecule has 1 aromatic rings. The molecule has 1 aromatic carbocycles. The van der Waals surface area contributed by atoms with Crippen molar-refractivity contribution in [2.45, 2.75) is 71.3 Å². The summed E-state index contributed by atoms with van der Waals surface area (Å²) in [5.74, 6) is -0.341. The molecule has 0 amide bonds. The minimum atomic E-state index is -0.341. The highest BCUT2D eigenvalue weighted by Crippen LogP contribution is 2.25. The summed E-state index contributed by atoms with van der Waals surface area (Å²) in [7, 11) is 0. The average molecular weight is 314 g/mol. The molecule has 3 heteroatoms. The molecule has 1 unspecified atom stereocenters. The highest BCUT2D eigenvalue weighted by molar-refractivity contribution is 6.30. The zero-order valence-corrected chi connectivity index (χ0v) is 14.2. The van der Waals surface area contributed by atoms with Gasteiger partial charge in [-0.15, -0.1) is 0 Å². The number of hydrogen-bond donors (Lipinski definition) is 1. The predicted octanol–water partition coefficient (Wildman–Crippen LogP) is 6.27. The summed E-state index contributed by atoms with van der Waals surface area (Å²) in [6, 6.07) is 5.34. The molecule has 0 saturated heterocycles. The van der Waals surface area contributed by atoms with Crippen molar-refractivity contribution in [3.05, 3.63) is 34.6 Å². The number of unbranched alkanes of at least 4 members (excludes halogenated alkanes) is 6. The average Bonchev–Trinajstić information content (AvgIpc) is 2.48. The Morgan fingerprint density at radius 2 is 1.71 bits per heavy atom. The zero-order chi connectivity index (χ0) is 15.5. The van der Waals surface area contributed by atoms with Gasteiger partial charge in [-0.05, 0) is 30.7 Å². The summed E-state index contributed by atoms with van der Waals surface area (Å²) in [6.45, 7) is 5.26. The Kier molecular flexibility index (Phi) is 9.69. The van der Waals surface area contributed by atoms with Crippen LogP contribution in [0.5, 0.6) is 0 Å². The van der Waals surface area contributed by atoms with Crippen LogP contribution in [0.4, 0.5) is 4.39 Å². The molecule has 1 atom stereocenters. The number of hydrogen-bond acceptors (Lipinski definition) is 1. The van der Waals surface area contributed by atoms with Crippen LogP contribution in [0.1, 0.15) is 76.8 Å². The van der Waals surface area contributed by atoms with Gasteiger partial charge >= 0.3 is 0 Å². The van der Waals surface area contributed by atoms with Gasteiger partial charge in [0, 0.05) is 6.04 Å². The van der Waals surface area contributed by atoms with E-state index in [0.29, 0.717) is 0 Å². The fourth-order valence-corrected chi connectivity index (χ4v) is 2.86. The first-order valence-electron chi connectivity index (χ1n) is 8.37. The molecule has 21 heavy (non-hydrogen) atoms. The van der Waals surface area contributed by atoms with Gasteiger partial charge in [-0.2, -0.15) is 0 Å². The molecule has 0 bridgehead atoms. The van der Waals surface area contributed by atoms with Crippen LogP contribution in [0.2, 0.25) is 5.02 Å². The molecule has 1 nitrogen and oxygen atoms in total. The van der Waals surface area contributed by atoms with Crippen LogP contribution in [0, 0.1) is 5.82 Å². The van der Waals surface area contributed by atoms with Crippen molar-refractivity contribution in [2.75, 3.05) is 6.54 Å². The number of rotatable bonds is 11. The zero-order valence-electron chi connectivity index (χ0n) is 13.4. The number of nitrogens with one attached hydrogen (secondary N) is 1. The lowest BCUT2D eigenvalue weighted by Crippen LogP contribution is -2.20. The molecule has 1 N–H and O–H groups in total. The minimum absolute atomic E-state index is 0.218. The number of benzene rings is 1. The fraction of sp³-hybridized carbons (Fsp3) is 0.667. The fourth-order valence-electron chi connectivity index (χ4n) is 2.67. The summed E-state index contributed by atoms with van der Waals surface area (Å²) < 4.78 is 13.2. The second-order valence-corrected chi connectivity index (χ2v) is 6.10. The first kappa shape index (κ1) is 18.4. The van der Waals surface area contributed by atoms with Crippen molar-refractivity contribution < 1.29 is 4.39 Å². The molecular formula is C18H29ClFN. The molecule has 0 spiro atoms. The van der Waals surface area contributed by atoms with Gasteiger partial charge in [-0.25, -0.2) is 4.39 Å². The van der Waals surface area contributed by atoms with Gasteiger partial charge in [-0.1, -0.05) is 76.5 Å². The second kappa shape index (κ2) is 11.0. The summed E-state index contributed by atoms with van der Waals surface area (Å²) in [6.07, 6.45) is 10.3.